The van der Waals surface area contributed by atoms with E-state index < -0.39 is 0 Å². The van der Waals surface area contributed by atoms with Crippen molar-refractivity contribution in [1.29, 1.82) is 0 Å². The Kier molecular flexibility index (Phi) is 4.00. The van der Waals surface area contributed by atoms with Crippen LogP contribution >= 0.6 is 11.3 Å². The Morgan fingerprint density at radius 2 is 2.08 bits per heavy atom. The average Bonchev–Trinajstić information content (AvgIpc) is 3.23. The Morgan fingerprint density at radius 3 is 2.76 bits per heavy atom. The molecule has 1 aliphatic rings. The molecule has 4 rings (SSSR count). The van der Waals surface area contributed by atoms with Gasteiger partial charge in [-0.3, -0.25) is 9.89 Å². The normalized spacial score (nSPS) is 15.0. The number of thiophene rings is 1. The number of amides is 1. The lowest BCUT2D eigenvalue weighted by Gasteiger charge is -2.34. The third-order valence-electron chi connectivity index (χ3n) is 4.27. The minimum Gasteiger partial charge on any atom is -0.339 e. The number of aryl methyl sites for hydroxylation is 1. The molecule has 0 saturated carbocycles. The molecule has 0 unspecified atom stereocenters. The standard InChI is InChI=1S/C16H19N7OS/c1-10-9-13(21-20-10)17-14-12-3-8-25-15(12)19-16(18-14)23-6-4-22(5-7-23)11(2)24/h3,8-9H,4-7H2,1-2H3,(H2,17,18,19,20,21). The number of fused-ring (bicyclic) bond motifs is 1. The summed E-state index contributed by atoms with van der Waals surface area (Å²) in [6.07, 6.45) is 0. The first-order valence-corrected chi connectivity index (χ1v) is 9.03. The van der Waals surface area contributed by atoms with Crippen LogP contribution in [0.25, 0.3) is 10.2 Å². The highest BCUT2D eigenvalue weighted by atomic mass is 32.1. The highest BCUT2D eigenvalue weighted by Crippen LogP contribution is 2.29. The summed E-state index contributed by atoms with van der Waals surface area (Å²) in [6, 6.07) is 3.95. The lowest BCUT2D eigenvalue weighted by molar-refractivity contribution is -0.129. The van der Waals surface area contributed by atoms with Crippen LogP contribution in [0.2, 0.25) is 0 Å². The van der Waals surface area contributed by atoms with E-state index in [1.165, 1.54) is 0 Å². The highest BCUT2D eigenvalue weighted by Gasteiger charge is 2.22. The molecular formula is C16H19N7OS. The molecule has 8 nitrogen and oxygen atoms in total. The summed E-state index contributed by atoms with van der Waals surface area (Å²) in [5, 5.41) is 13.4. The fraction of sp³-hybridized carbons (Fsp3) is 0.375. The van der Waals surface area contributed by atoms with Crippen LogP contribution in [0.5, 0.6) is 0 Å². The monoisotopic (exact) mass is 357 g/mol. The Morgan fingerprint density at radius 1 is 1.28 bits per heavy atom. The molecule has 1 amide bonds. The molecule has 1 fully saturated rings. The van der Waals surface area contributed by atoms with E-state index in [2.05, 4.69) is 20.4 Å². The zero-order chi connectivity index (χ0) is 17.4. The summed E-state index contributed by atoms with van der Waals surface area (Å²) in [5.41, 5.74) is 0.985. The molecule has 1 aliphatic heterocycles. The van der Waals surface area contributed by atoms with Gasteiger partial charge in [-0.25, -0.2) is 4.98 Å². The van der Waals surface area contributed by atoms with Gasteiger partial charge in [-0.05, 0) is 18.4 Å². The number of nitrogens with one attached hydrogen (secondary N) is 2. The number of hydrogen-bond donors (Lipinski definition) is 2. The van der Waals surface area contributed by atoms with Crippen molar-refractivity contribution < 1.29 is 4.79 Å². The second-order valence-corrected chi connectivity index (χ2v) is 6.96. The molecule has 0 aliphatic carbocycles. The topological polar surface area (TPSA) is 90.0 Å². The summed E-state index contributed by atoms with van der Waals surface area (Å²) >= 11 is 1.59. The molecule has 9 heteroatoms. The third kappa shape index (κ3) is 3.14. The SMILES string of the molecule is CC(=O)N1CCN(c2nc(Nc3cc(C)[nH]n3)c3ccsc3n2)CC1. The molecule has 0 spiro atoms. The number of carbonyl (C=O) groups excluding carboxylic acids is 1. The van der Waals surface area contributed by atoms with Crippen molar-refractivity contribution in [3.8, 4) is 0 Å². The predicted octanol–water partition coefficient (Wildman–Crippen LogP) is 2.13. The fourth-order valence-corrected chi connectivity index (χ4v) is 3.66. The number of nitrogens with zero attached hydrogens (tertiary/aromatic N) is 5. The zero-order valence-corrected chi connectivity index (χ0v) is 14.9. The van der Waals surface area contributed by atoms with Crippen molar-refractivity contribution in [2.75, 3.05) is 36.4 Å². The van der Waals surface area contributed by atoms with Crippen LogP contribution in [0.15, 0.2) is 17.5 Å². The first kappa shape index (κ1) is 15.8. The summed E-state index contributed by atoms with van der Waals surface area (Å²) in [4.78, 5) is 25.8. The quantitative estimate of drug-likeness (QED) is 0.746. The molecule has 0 atom stereocenters. The lowest BCUT2D eigenvalue weighted by atomic mass is 10.3. The highest BCUT2D eigenvalue weighted by molar-refractivity contribution is 7.16. The van der Waals surface area contributed by atoms with Crippen LogP contribution < -0.4 is 10.2 Å². The molecule has 2 N–H and O–H groups in total. The minimum absolute atomic E-state index is 0.116. The number of aromatic nitrogens is 4. The lowest BCUT2D eigenvalue weighted by Crippen LogP contribution is -2.48. The maximum Gasteiger partial charge on any atom is 0.228 e. The first-order valence-electron chi connectivity index (χ1n) is 8.15. The molecule has 3 aromatic heterocycles. The van der Waals surface area contributed by atoms with Gasteiger partial charge in [0.15, 0.2) is 5.82 Å². The van der Waals surface area contributed by atoms with Crippen LogP contribution in [-0.2, 0) is 4.79 Å². The average molecular weight is 357 g/mol. The maximum absolute atomic E-state index is 11.5. The van der Waals surface area contributed by atoms with E-state index in [-0.39, 0.29) is 5.91 Å². The van der Waals surface area contributed by atoms with Gasteiger partial charge in [-0.1, -0.05) is 0 Å². The number of aromatic amines is 1. The summed E-state index contributed by atoms with van der Waals surface area (Å²) in [5.74, 6) is 2.29. The van der Waals surface area contributed by atoms with Crippen molar-refractivity contribution in [3.05, 3.63) is 23.2 Å². The Bertz CT molecular complexity index is 910. The molecular weight excluding hydrogens is 338 g/mol. The summed E-state index contributed by atoms with van der Waals surface area (Å²) in [6.45, 7) is 6.43. The van der Waals surface area contributed by atoms with Crippen molar-refractivity contribution >= 4 is 45.0 Å². The van der Waals surface area contributed by atoms with Gasteiger partial charge >= 0.3 is 0 Å². The number of hydrogen-bond acceptors (Lipinski definition) is 7. The Balaban J connectivity index is 1.63. The van der Waals surface area contributed by atoms with Crippen LogP contribution in [-0.4, -0.2) is 57.2 Å². The second-order valence-electron chi connectivity index (χ2n) is 6.07. The molecule has 0 radical (unpaired) electrons. The van der Waals surface area contributed by atoms with E-state index in [9.17, 15) is 4.79 Å². The van der Waals surface area contributed by atoms with Crippen molar-refractivity contribution in [2.45, 2.75) is 13.8 Å². The van der Waals surface area contributed by atoms with Crippen molar-refractivity contribution in [3.63, 3.8) is 0 Å². The van der Waals surface area contributed by atoms with Gasteiger partial charge in [0.2, 0.25) is 11.9 Å². The smallest absolute Gasteiger partial charge is 0.228 e. The van der Waals surface area contributed by atoms with E-state index in [1.807, 2.05) is 29.3 Å². The molecule has 0 aromatic carbocycles. The van der Waals surface area contributed by atoms with Gasteiger partial charge in [-0.2, -0.15) is 10.1 Å². The fourth-order valence-electron chi connectivity index (χ4n) is 2.91. The number of anilines is 3. The van der Waals surface area contributed by atoms with E-state index in [0.29, 0.717) is 19.0 Å². The number of carbonyl (C=O) groups is 1. The van der Waals surface area contributed by atoms with Gasteiger partial charge < -0.3 is 15.1 Å². The summed E-state index contributed by atoms with van der Waals surface area (Å²) in [7, 11) is 0. The maximum atomic E-state index is 11.5. The van der Waals surface area contributed by atoms with Gasteiger partial charge in [-0.15, -0.1) is 11.3 Å². The van der Waals surface area contributed by atoms with Crippen LogP contribution in [0.4, 0.5) is 17.6 Å². The van der Waals surface area contributed by atoms with E-state index in [4.69, 9.17) is 9.97 Å². The first-order chi connectivity index (χ1) is 12.1. The van der Waals surface area contributed by atoms with E-state index >= 15 is 0 Å². The van der Waals surface area contributed by atoms with Crippen molar-refractivity contribution in [2.24, 2.45) is 0 Å². The molecule has 3 aromatic rings. The molecule has 1 saturated heterocycles. The zero-order valence-electron chi connectivity index (χ0n) is 14.1. The van der Waals surface area contributed by atoms with Gasteiger partial charge in [0.05, 0.1) is 5.39 Å². The molecule has 4 heterocycles. The van der Waals surface area contributed by atoms with Crippen LogP contribution in [0.3, 0.4) is 0 Å². The summed E-state index contributed by atoms with van der Waals surface area (Å²) < 4.78 is 0. The number of piperazine rings is 1. The van der Waals surface area contributed by atoms with Gasteiger partial charge in [0, 0.05) is 44.9 Å². The van der Waals surface area contributed by atoms with E-state index in [1.54, 1.807) is 18.3 Å². The molecule has 130 valence electrons. The Hall–Kier alpha value is -2.68. The van der Waals surface area contributed by atoms with E-state index in [0.717, 1.165) is 40.6 Å². The second kappa shape index (κ2) is 6.32. The molecule has 0 bridgehead atoms. The van der Waals surface area contributed by atoms with Crippen LogP contribution in [0, 0.1) is 6.92 Å². The van der Waals surface area contributed by atoms with Crippen molar-refractivity contribution in [1.82, 2.24) is 25.1 Å². The predicted molar refractivity (Wildman–Crippen MR) is 98.5 cm³/mol. The van der Waals surface area contributed by atoms with Gasteiger partial charge in [0.25, 0.3) is 0 Å². The number of rotatable bonds is 3. The van der Waals surface area contributed by atoms with Gasteiger partial charge in [0.1, 0.15) is 10.6 Å². The third-order valence-corrected chi connectivity index (χ3v) is 5.08. The number of H-pyrrole nitrogens is 1. The largest absolute Gasteiger partial charge is 0.339 e. The minimum atomic E-state index is 0.116. The molecule has 25 heavy (non-hydrogen) atoms. The Labute approximate surface area is 148 Å². The van der Waals surface area contributed by atoms with Crippen LogP contribution in [0.1, 0.15) is 12.6 Å².